The van der Waals surface area contributed by atoms with Gasteiger partial charge in [-0.3, -0.25) is 4.79 Å². The van der Waals surface area contributed by atoms with Crippen LogP contribution in [0.3, 0.4) is 0 Å². The fraction of sp³-hybridized carbons (Fsp3) is 0.273. The fourth-order valence-corrected chi connectivity index (χ4v) is 3.04. The van der Waals surface area contributed by atoms with E-state index in [4.69, 9.17) is 9.47 Å². The molecular weight excluding hydrogens is 392 g/mol. The Morgan fingerprint density at radius 2 is 1.90 bits per heavy atom. The van der Waals surface area contributed by atoms with Crippen LogP contribution in [0.4, 0.5) is 20.4 Å². The SMILES string of the molecule is COc1cn(Cc2cc(F)cc(F)c2)c(Nc2cc(OC3CC3)ccc2C)nc1=O. The molecule has 0 saturated heterocycles. The van der Waals surface area contributed by atoms with Crippen LogP contribution < -0.4 is 20.3 Å². The van der Waals surface area contributed by atoms with Crippen molar-refractivity contribution in [2.45, 2.75) is 32.4 Å². The highest BCUT2D eigenvalue weighted by atomic mass is 19.1. The summed E-state index contributed by atoms with van der Waals surface area (Å²) in [5.41, 5.74) is 1.46. The zero-order valence-corrected chi connectivity index (χ0v) is 16.6. The molecule has 1 N–H and O–H groups in total. The van der Waals surface area contributed by atoms with Gasteiger partial charge >= 0.3 is 5.56 Å². The molecule has 4 rings (SSSR count). The Kier molecular flexibility index (Phi) is 5.39. The maximum atomic E-state index is 13.6. The summed E-state index contributed by atoms with van der Waals surface area (Å²) in [6.07, 6.45) is 3.79. The maximum absolute atomic E-state index is 13.6. The van der Waals surface area contributed by atoms with Gasteiger partial charge in [0.25, 0.3) is 0 Å². The van der Waals surface area contributed by atoms with E-state index in [0.717, 1.165) is 30.2 Å². The Bertz CT molecular complexity index is 1120. The van der Waals surface area contributed by atoms with E-state index in [1.165, 1.54) is 25.4 Å². The third-order valence-corrected chi connectivity index (χ3v) is 4.74. The first-order chi connectivity index (χ1) is 14.4. The third-order valence-electron chi connectivity index (χ3n) is 4.74. The van der Waals surface area contributed by atoms with Crippen LogP contribution in [-0.4, -0.2) is 22.8 Å². The zero-order valence-electron chi connectivity index (χ0n) is 16.6. The predicted molar refractivity (Wildman–Crippen MR) is 109 cm³/mol. The van der Waals surface area contributed by atoms with Crippen molar-refractivity contribution in [2.24, 2.45) is 0 Å². The minimum atomic E-state index is -0.679. The summed E-state index contributed by atoms with van der Waals surface area (Å²) in [4.78, 5) is 16.3. The van der Waals surface area contributed by atoms with Crippen LogP contribution in [0.15, 0.2) is 47.4 Å². The quantitative estimate of drug-likeness (QED) is 0.630. The van der Waals surface area contributed by atoms with Crippen LogP contribution in [0.2, 0.25) is 0 Å². The van der Waals surface area contributed by atoms with E-state index < -0.39 is 17.2 Å². The van der Waals surface area contributed by atoms with E-state index in [9.17, 15) is 13.6 Å². The summed E-state index contributed by atoms with van der Waals surface area (Å²) in [5.74, 6) is -0.389. The topological polar surface area (TPSA) is 65.4 Å². The normalized spacial score (nSPS) is 13.2. The highest BCUT2D eigenvalue weighted by molar-refractivity contribution is 5.61. The highest BCUT2D eigenvalue weighted by Crippen LogP contribution is 2.30. The second-order valence-electron chi connectivity index (χ2n) is 7.26. The van der Waals surface area contributed by atoms with Crippen LogP contribution in [0.1, 0.15) is 24.0 Å². The van der Waals surface area contributed by atoms with Crippen molar-refractivity contribution < 1.29 is 18.3 Å². The molecule has 156 valence electrons. The molecule has 0 bridgehead atoms. The Balaban J connectivity index is 1.70. The number of aryl methyl sites for hydroxylation is 1. The molecule has 0 unspecified atom stereocenters. The van der Waals surface area contributed by atoms with E-state index >= 15 is 0 Å². The Morgan fingerprint density at radius 3 is 2.57 bits per heavy atom. The molecule has 1 saturated carbocycles. The first kappa shape index (κ1) is 19.9. The number of nitrogens with one attached hydrogen (secondary N) is 1. The summed E-state index contributed by atoms with van der Waals surface area (Å²) in [5, 5.41) is 3.15. The number of ether oxygens (including phenoxy) is 2. The van der Waals surface area contributed by atoms with E-state index in [2.05, 4.69) is 10.3 Å². The van der Waals surface area contributed by atoms with Gasteiger partial charge in [0.15, 0.2) is 0 Å². The lowest BCUT2D eigenvalue weighted by atomic mass is 10.2. The second-order valence-corrected chi connectivity index (χ2v) is 7.26. The predicted octanol–water partition coefficient (Wildman–Crippen LogP) is 4.17. The van der Waals surface area contributed by atoms with Gasteiger partial charge in [-0.05, 0) is 49.1 Å². The lowest BCUT2D eigenvalue weighted by Crippen LogP contribution is -2.19. The van der Waals surface area contributed by atoms with Gasteiger partial charge in [0.05, 0.1) is 26.0 Å². The van der Waals surface area contributed by atoms with Crippen molar-refractivity contribution in [3.8, 4) is 11.5 Å². The third kappa shape index (κ3) is 4.59. The highest BCUT2D eigenvalue weighted by Gasteiger charge is 2.23. The fourth-order valence-electron chi connectivity index (χ4n) is 3.04. The van der Waals surface area contributed by atoms with Crippen molar-refractivity contribution in [1.29, 1.82) is 0 Å². The number of hydrogen-bond donors (Lipinski definition) is 1. The first-order valence-electron chi connectivity index (χ1n) is 9.56. The molecule has 0 aliphatic heterocycles. The molecule has 1 aliphatic carbocycles. The van der Waals surface area contributed by atoms with Crippen molar-refractivity contribution in [3.63, 3.8) is 0 Å². The monoisotopic (exact) mass is 413 g/mol. The minimum absolute atomic E-state index is 0.0277. The standard InChI is InChI=1S/C22H21F2N3O3/c1-13-3-4-18(30-17-5-6-17)10-19(13)25-22-26-21(28)20(29-2)12-27(22)11-14-7-15(23)9-16(24)8-14/h3-4,7-10,12,17H,5-6,11H2,1-2H3,(H,25,26,28). The Labute approximate surface area is 172 Å². The summed E-state index contributed by atoms with van der Waals surface area (Å²) >= 11 is 0. The zero-order chi connectivity index (χ0) is 21.3. The van der Waals surface area contributed by atoms with Crippen molar-refractivity contribution >= 4 is 11.6 Å². The Hall–Kier alpha value is -3.42. The van der Waals surface area contributed by atoms with Gasteiger partial charge < -0.3 is 19.4 Å². The van der Waals surface area contributed by atoms with E-state index in [0.29, 0.717) is 11.3 Å². The number of benzene rings is 2. The number of halogens is 2. The summed E-state index contributed by atoms with van der Waals surface area (Å²) in [6, 6.07) is 8.91. The molecule has 1 heterocycles. The van der Waals surface area contributed by atoms with Crippen molar-refractivity contribution in [3.05, 3.63) is 75.7 Å². The number of methoxy groups -OCH3 is 1. The molecule has 0 atom stereocenters. The van der Waals surface area contributed by atoms with Gasteiger partial charge in [-0.2, -0.15) is 4.98 Å². The average Bonchev–Trinajstić information content (AvgIpc) is 3.49. The molecule has 6 nitrogen and oxygen atoms in total. The molecule has 3 aromatic rings. The van der Waals surface area contributed by atoms with Crippen LogP contribution in [-0.2, 0) is 6.54 Å². The van der Waals surface area contributed by atoms with Crippen molar-refractivity contribution in [1.82, 2.24) is 9.55 Å². The molecule has 0 radical (unpaired) electrons. The number of nitrogens with zero attached hydrogens (tertiary/aromatic N) is 2. The smallest absolute Gasteiger partial charge is 0.316 e. The lowest BCUT2D eigenvalue weighted by molar-refractivity contribution is 0.303. The summed E-state index contributed by atoms with van der Waals surface area (Å²) in [7, 11) is 1.36. The number of aromatic nitrogens is 2. The van der Waals surface area contributed by atoms with Gasteiger partial charge in [-0.1, -0.05) is 6.07 Å². The number of anilines is 2. The maximum Gasteiger partial charge on any atom is 0.316 e. The van der Waals surface area contributed by atoms with E-state index in [1.807, 2.05) is 25.1 Å². The van der Waals surface area contributed by atoms with Crippen LogP contribution in [0.5, 0.6) is 11.5 Å². The van der Waals surface area contributed by atoms with Crippen LogP contribution >= 0.6 is 0 Å². The average molecular weight is 413 g/mol. The summed E-state index contributed by atoms with van der Waals surface area (Å²) < 4.78 is 39.7. The van der Waals surface area contributed by atoms with Crippen molar-refractivity contribution in [2.75, 3.05) is 12.4 Å². The Morgan fingerprint density at radius 1 is 1.17 bits per heavy atom. The molecular formula is C22H21F2N3O3. The van der Waals surface area contributed by atoms with Gasteiger partial charge in [0, 0.05) is 17.8 Å². The van der Waals surface area contributed by atoms with Gasteiger partial charge in [-0.25, -0.2) is 8.78 Å². The molecule has 8 heteroatoms. The molecule has 30 heavy (non-hydrogen) atoms. The number of hydrogen-bond acceptors (Lipinski definition) is 5. The molecule has 1 aliphatic rings. The molecule has 2 aromatic carbocycles. The van der Waals surface area contributed by atoms with Gasteiger partial charge in [0.1, 0.15) is 17.4 Å². The van der Waals surface area contributed by atoms with Gasteiger partial charge in [-0.15, -0.1) is 0 Å². The first-order valence-corrected chi connectivity index (χ1v) is 9.56. The second kappa shape index (κ2) is 8.14. The summed E-state index contributed by atoms with van der Waals surface area (Å²) in [6.45, 7) is 2.00. The lowest BCUT2D eigenvalue weighted by Gasteiger charge is -2.17. The van der Waals surface area contributed by atoms with Crippen LogP contribution in [0.25, 0.3) is 0 Å². The van der Waals surface area contributed by atoms with Gasteiger partial charge in [0.2, 0.25) is 11.7 Å². The van der Waals surface area contributed by atoms with E-state index in [-0.39, 0.29) is 24.3 Å². The van der Waals surface area contributed by atoms with E-state index in [1.54, 1.807) is 4.57 Å². The number of rotatable bonds is 7. The molecule has 1 fully saturated rings. The minimum Gasteiger partial charge on any atom is -0.490 e. The largest absolute Gasteiger partial charge is 0.490 e. The molecule has 1 aromatic heterocycles. The molecule has 0 amide bonds. The molecule has 0 spiro atoms. The van der Waals surface area contributed by atoms with Crippen LogP contribution in [0, 0.1) is 18.6 Å².